The van der Waals surface area contributed by atoms with Gasteiger partial charge in [0.25, 0.3) is 0 Å². The summed E-state index contributed by atoms with van der Waals surface area (Å²) in [6.45, 7) is 5.33. The van der Waals surface area contributed by atoms with E-state index in [4.69, 9.17) is 14.2 Å². The van der Waals surface area contributed by atoms with Crippen LogP contribution in [-0.4, -0.2) is 29.4 Å². The minimum atomic E-state index is -1.08. The van der Waals surface area contributed by atoms with Crippen molar-refractivity contribution < 1.29 is 28.9 Å². The maximum Gasteiger partial charge on any atom is 0.311 e. The Morgan fingerprint density at radius 3 is 2.57 bits per heavy atom. The molecule has 2 rings (SSSR count). The Morgan fingerprint density at radius 1 is 1.29 bits per heavy atom. The highest BCUT2D eigenvalue weighted by molar-refractivity contribution is 5.83. The van der Waals surface area contributed by atoms with E-state index < -0.39 is 23.5 Å². The van der Waals surface area contributed by atoms with Crippen LogP contribution in [0.1, 0.15) is 38.7 Å². The van der Waals surface area contributed by atoms with Crippen molar-refractivity contribution in [1.82, 2.24) is 0 Å². The van der Waals surface area contributed by atoms with Crippen LogP contribution in [0.15, 0.2) is 18.2 Å². The highest BCUT2D eigenvalue weighted by Gasteiger charge is 2.28. The summed E-state index contributed by atoms with van der Waals surface area (Å²) in [5, 5.41) is 9.34. The van der Waals surface area contributed by atoms with Crippen LogP contribution in [0.5, 0.6) is 11.5 Å². The van der Waals surface area contributed by atoms with Crippen LogP contribution in [-0.2, 0) is 14.3 Å². The fourth-order valence-electron chi connectivity index (χ4n) is 2.03. The first kappa shape index (κ1) is 15.2. The minimum Gasteiger partial charge on any atom is -0.481 e. The van der Waals surface area contributed by atoms with E-state index in [1.807, 2.05) is 0 Å². The van der Waals surface area contributed by atoms with E-state index in [0.717, 1.165) is 0 Å². The quantitative estimate of drug-likeness (QED) is 0.858. The van der Waals surface area contributed by atoms with Gasteiger partial charge in [0.15, 0.2) is 11.5 Å². The molecule has 1 aromatic rings. The lowest BCUT2D eigenvalue weighted by Crippen LogP contribution is -2.26. The molecule has 0 aliphatic carbocycles. The van der Waals surface area contributed by atoms with Crippen LogP contribution >= 0.6 is 0 Å². The average Bonchev–Trinajstić information content (AvgIpc) is 2.80. The van der Waals surface area contributed by atoms with E-state index in [0.29, 0.717) is 17.1 Å². The van der Waals surface area contributed by atoms with E-state index in [-0.39, 0.29) is 13.2 Å². The Morgan fingerprint density at radius 2 is 1.95 bits per heavy atom. The SMILES string of the molecule is CC(C)(C)OC(=O)C[C@H](C(=O)O)c1ccc2c(c1)OCO2. The number of hydrogen-bond acceptors (Lipinski definition) is 5. The molecule has 6 nitrogen and oxygen atoms in total. The number of carbonyl (C=O) groups is 2. The Kier molecular flexibility index (Phi) is 4.06. The molecular formula is C15H18O6. The predicted octanol–water partition coefficient (Wildman–Crippen LogP) is 2.32. The molecule has 0 saturated heterocycles. The monoisotopic (exact) mass is 294 g/mol. The van der Waals surface area contributed by atoms with Gasteiger partial charge >= 0.3 is 11.9 Å². The second kappa shape index (κ2) is 5.63. The molecule has 21 heavy (non-hydrogen) atoms. The van der Waals surface area contributed by atoms with Crippen molar-refractivity contribution in [1.29, 1.82) is 0 Å². The van der Waals surface area contributed by atoms with Gasteiger partial charge in [0, 0.05) is 0 Å². The van der Waals surface area contributed by atoms with Crippen LogP contribution < -0.4 is 9.47 Å². The summed E-state index contributed by atoms with van der Waals surface area (Å²) < 4.78 is 15.6. The molecule has 1 aliphatic heterocycles. The van der Waals surface area contributed by atoms with E-state index in [2.05, 4.69) is 0 Å². The molecule has 0 amide bonds. The first-order valence-corrected chi connectivity index (χ1v) is 6.60. The van der Waals surface area contributed by atoms with E-state index in [9.17, 15) is 14.7 Å². The smallest absolute Gasteiger partial charge is 0.311 e. The predicted molar refractivity (Wildman–Crippen MR) is 73.4 cm³/mol. The molecule has 0 aromatic heterocycles. The largest absolute Gasteiger partial charge is 0.481 e. The molecule has 114 valence electrons. The number of hydrogen-bond donors (Lipinski definition) is 1. The number of esters is 1. The topological polar surface area (TPSA) is 82.1 Å². The average molecular weight is 294 g/mol. The van der Waals surface area contributed by atoms with Crippen LogP contribution in [0.25, 0.3) is 0 Å². The molecule has 0 fully saturated rings. The van der Waals surface area contributed by atoms with Gasteiger partial charge in [-0.05, 0) is 38.5 Å². The normalized spacial score (nSPS) is 14.6. The molecule has 0 saturated carbocycles. The minimum absolute atomic E-state index is 0.114. The lowest BCUT2D eigenvalue weighted by molar-refractivity contribution is -0.158. The van der Waals surface area contributed by atoms with E-state index in [1.54, 1.807) is 39.0 Å². The highest BCUT2D eigenvalue weighted by atomic mass is 16.7. The standard InChI is InChI=1S/C15H18O6/c1-15(2,3)21-13(16)7-10(14(17)18)9-4-5-11-12(6-9)20-8-19-11/h4-6,10H,7-8H2,1-3H3,(H,17,18)/t10-/m0/s1. The van der Waals surface area contributed by atoms with E-state index >= 15 is 0 Å². The highest BCUT2D eigenvalue weighted by Crippen LogP contribution is 2.35. The summed E-state index contributed by atoms with van der Waals surface area (Å²) in [5.41, 5.74) is -0.160. The van der Waals surface area contributed by atoms with Crippen molar-refractivity contribution in [3.8, 4) is 11.5 Å². The molecule has 0 spiro atoms. The lowest BCUT2D eigenvalue weighted by Gasteiger charge is -2.21. The molecule has 1 atom stereocenters. The number of ether oxygens (including phenoxy) is 3. The summed E-state index contributed by atoms with van der Waals surface area (Å²) in [4.78, 5) is 23.3. The van der Waals surface area contributed by atoms with Crippen molar-refractivity contribution in [3.63, 3.8) is 0 Å². The summed E-state index contributed by atoms with van der Waals surface area (Å²) >= 11 is 0. The number of carboxylic acids is 1. The first-order chi connectivity index (χ1) is 9.76. The third-order valence-electron chi connectivity index (χ3n) is 2.89. The van der Waals surface area contributed by atoms with Crippen molar-refractivity contribution in [3.05, 3.63) is 23.8 Å². The second-order valence-electron chi connectivity index (χ2n) is 5.79. The van der Waals surface area contributed by atoms with Crippen LogP contribution in [0.3, 0.4) is 0 Å². The van der Waals surface area contributed by atoms with Crippen LogP contribution in [0.2, 0.25) is 0 Å². The number of benzene rings is 1. The Labute approximate surface area is 122 Å². The van der Waals surface area contributed by atoms with Gasteiger partial charge in [-0.25, -0.2) is 0 Å². The van der Waals surface area contributed by atoms with Crippen molar-refractivity contribution in [2.75, 3.05) is 6.79 Å². The van der Waals surface area contributed by atoms with Crippen LogP contribution in [0, 0.1) is 0 Å². The zero-order valence-corrected chi connectivity index (χ0v) is 12.2. The summed E-state index contributed by atoms with van der Waals surface area (Å²) in [5.74, 6) is -1.55. The Balaban J connectivity index is 2.16. The van der Waals surface area contributed by atoms with Gasteiger partial charge in [0.1, 0.15) is 5.60 Å². The third kappa shape index (κ3) is 3.87. The van der Waals surface area contributed by atoms with Crippen molar-refractivity contribution >= 4 is 11.9 Å². The number of aliphatic carboxylic acids is 1. The van der Waals surface area contributed by atoms with E-state index in [1.165, 1.54) is 0 Å². The maximum absolute atomic E-state index is 11.8. The van der Waals surface area contributed by atoms with Gasteiger partial charge in [-0.1, -0.05) is 6.07 Å². The molecule has 1 heterocycles. The van der Waals surface area contributed by atoms with Gasteiger partial charge in [-0.2, -0.15) is 0 Å². The van der Waals surface area contributed by atoms with Gasteiger partial charge < -0.3 is 19.3 Å². The Hall–Kier alpha value is -2.24. The molecular weight excluding hydrogens is 276 g/mol. The molecule has 1 aliphatic rings. The zero-order chi connectivity index (χ0) is 15.6. The summed E-state index contributed by atoms with van der Waals surface area (Å²) in [6.07, 6.45) is -0.230. The van der Waals surface area contributed by atoms with Crippen molar-refractivity contribution in [2.45, 2.75) is 38.7 Å². The molecule has 6 heteroatoms. The fraction of sp³-hybridized carbons (Fsp3) is 0.467. The fourth-order valence-corrected chi connectivity index (χ4v) is 2.03. The lowest BCUT2D eigenvalue weighted by atomic mass is 9.95. The summed E-state index contributed by atoms with van der Waals surface area (Å²) in [6, 6.07) is 4.85. The van der Waals surface area contributed by atoms with Gasteiger partial charge in [0.05, 0.1) is 12.3 Å². The molecule has 1 aromatic carbocycles. The third-order valence-corrected chi connectivity index (χ3v) is 2.89. The number of rotatable bonds is 4. The molecule has 0 radical (unpaired) electrons. The maximum atomic E-state index is 11.8. The number of carboxylic acid groups (broad SMARTS) is 1. The van der Waals surface area contributed by atoms with Gasteiger partial charge in [0.2, 0.25) is 6.79 Å². The Bertz CT molecular complexity index is 558. The molecule has 1 N–H and O–H groups in total. The second-order valence-corrected chi connectivity index (χ2v) is 5.79. The molecule has 0 unspecified atom stereocenters. The van der Waals surface area contributed by atoms with Crippen LogP contribution in [0.4, 0.5) is 0 Å². The first-order valence-electron chi connectivity index (χ1n) is 6.60. The van der Waals surface area contributed by atoms with Crippen molar-refractivity contribution in [2.24, 2.45) is 0 Å². The van der Waals surface area contributed by atoms with Gasteiger partial charge in [-0.15, -0.1) is 0 Å². The summed E-state index contributed by atoms with van der Waals surface area (Å²) in [7, 11) is 0. The molecule has 0 bridgehead atoms. The zero-order valence-electron chi connectivity index (χ0n) is 12.2. The number of carbonyl (C=O) groups excluding carboxylic acids is 1. The van der Waals surface area contributed by atoms with Gasteiger partial charge in [-0.3, -0.25) is 9.59 Å². The number of fused-ring (bicyclic) bond motifs is 1.